The molecule has 5 rings (SSSR count). The predicted molar refractivity (Wildman–Crippen MR) is 112 cm³/mol. The fourth-order valence-electron chi connectivity index (χ4n) is 4.63. The molecule has 4 aliphatic rings. The molecule has 0 aliphatic carbocycles. The zero-order chi connectivity index (χ0) is 19.6. The van der Waals surface area contributed by atoms with E-state index < -0.39 is 5.41 Å². The zero-order valence-corrected chi connectivity index (χ0v) is 16.6. The number of allylic oxidation sites excluding steroid dienone is 1. The molecule has 2 N–H and O–H groups in total. The molecule has 0 aromatic heterocycles. The Labute approximate surface area is 173 Å². The van der Waals surface area contributed by atoms with Crippen LogP contribution in [0.2, 0.25) is 0 Å². The Morgan fingerprint density at radius 3 is 2.86 bits per heavy atom. The lowest BCUT2D eigenvalue weighted by atomic mass is 9.78. The SMILES string of the molecule is C=C1C(O)=C(O)C=C2N1CCC21C(=S)N(CC2=CCC(Cl)O2)c2ccccc21. The highest BCUT2D eigenvalue weighted by Crippen LogP contribution is 2.55. The second-order valence-electron chi connectivity index (χ2n) is 7.36. The van der Waals surface area contributed by atoms with E-state index in [1.54, 1.807) is 6.08 Å². The van der Waals surface area contributed by atoms with Crippen LogP contribution in [0, 0.1) is 0 Å². The number of halogens is 1. The van der Waals surface area contributed by atoms with Gasteiger partial charge in [-0.3, -0.25) is 0 Å². The molecule has 2 atom stereocenters. The van der Waals surface area contributed by atoms with Gasteiger partial charge in [-0.1, -0.05) is 48.6 Å². The molecule has 7 heteroatoms. The second-order valence-corrected chi connectivity index (χ2v) is 8.23. The van der Waals surface area contributed by atoms with Gasteiger partial charge in [0, 0.05) is 30.4 Å². The van der Waals surface area contributed by atoms with E-state index in [-0.39, 0.29) is 17.1 Å². The largest absolute Gasteiger partial charge is 0.504 e. The van der Waals surface area contributed by atoms with Crippen molar-refractivity contribution in [1.82, 2.24) is 4.90 Å². The molecule has 1 saturated heterocycles. The van der Waals surface area contributed by atoms with Crippen molar-refractivity contribution in [3.8, 4) is 0 Å². The Kier molecular flexibility index (Phi) is 3.80. The van der Waals surface area contributed by atoms with E-state index in [0.29, 0.717) is 25.2 Å². The molecule has 1 fully saturated rings. The summed E-state index contributed by atoms with van der Waals surface area (Å²) in [5.74, 6) is 0.446. The van der Waals surface area contributed by atoms with Gasteiger partial charge in [0.15, 0.2) is 17.1 Å². The Balaban J connectivity index is 1.62. The van der Waals surface area contributed by atoms with Crippen LogP contribution in [0.25, 0.3) is 0 Å². The van der Waals surface area contributed by atoms with E-state index in [1.807, 2.05) is 23.1 Å². The normalized spacial score (nSPS) is 28.5. The highest BCUT2D eigenvalue weighted by atomic mass is 35.5. The molecular weight excluding hydrogens is 396 g/mol. The van der Waals surface area contributed by atoms with E-state index in [2.05, 4.69) is 23.6 Å². The van der Waals surface area contributed by atoms with Crippen LogP contribution in [-0.2, 0) is 10.2 Å². The third-order valence-corrected chi connectivity index (χ3v) is 6.78. The van der Waals surface area contributed by atoms with Gasteiger partial charge in [-0.15, -0.1) is 0 Å². The average Bonchev–Trinajstić information content (AvgIpc) is 3.33. The average molecular weight is 415 g/mol. The molecule has 0 radical (unpaired) electrons. The Morgan fingerprint density at radius 2 is 2.11 bits per heavy atom. The summed E-state index contributed by atoms with van der Waals surface area (Å²) in [7, 11) is 0. The third kappa shape index (κ3) is 2.22. The van der Waals surface area contributed by atoms with Crippen molar-refractivity contribution in [1.29, 1.82) is 0 Å². The molecule has 2 unspecified atom stereocenters. The molecule has 0 bridgehead atoms. The molecule has 1 spiro atoms. The minimum absolute atomic E-state index is 0.178. The lowest BCUT2D eigenvalue weighted by molar-refractivity contribution is 0.208. The van der Waals surface area contributed by atoms with Gasteiger partial charge in [-0.25, -0.2) is 0 Å². The number of aliphatic hydroxyl groups excluding tert-OH is 2. The van der Waals surface area contributed by atoms with Crippen molar-refractivity contribution < 1.29 is 14.9 Å². The number of rotatable bonds is 2. The van der Waals surface area contributed by atoms with Crippen molar-refractivity contribution in [2.75, 3.05) is 18.0 Å². The molecule has 0 amide bonds. The first kappa shape index (κ1) is 17.6. The van der Waals surface area contributed by atoms with Crippen molar-refractivity contribution >= 4 is 34.5 Å². The molecule has 28 heavy (non-hydrogen) atoms. The first-order chi connectivity index (χ1) is 13.4. The van der Waals surface area contributed by atoms with E-state index in [1.165, 1.54) is 0 Å². The molecule has 1 aromatic carbocycles. The first-order valence-corrected chi connectivity index (χ1v) is 10.0. The number of para-hydroxylation sites is 1. The maximum atomic E-state index is 10.3. The third-order valence-electron chi connectivity index (χ3n) is 5.94. The number of fused-ring (bicyclic) bond motifs is 4. The van der Waals surface area contributed by atoms with Gasteiger partial charge in [0.2, 0.25) is 0 Å². The molecule has 0 saturated carbocycles. The van der Waals surface area contributed by atoms with Crippen molar-refractivity contribution in [3.63, 3.8) is 0 Å². The van der Waals surface area contributed by atoms with Crippen LogP contribution in [-0.4, -0.2) is 38.8 Å². The Hall–Kier alpha value is -2.44. The fraction of sp³-hybridized carbons (Fsp3) is 0.286. The van der Waals surface area contributed by atoms with Crippen LogP contribution in [0.3, 0.4) is 0 Å². The fourth-order valence-corrected chi connectivity index (χ4v) is 5.31. The number of anilines is 1. The Bertz CT molecular complexity index is 1010. The lowest BCUT2D eigenvalue weighted by Crippen LogP contribution is -2.41. The summed E-state index contributed by atoms with van der Waals surface area (Å²) in [6.45, 7) is 5.13. The van der Waals surface area contributed by atoms with E-state index in [9.17, 15) is 10.2 Å². The van der Waals surface area contributed by atoms with Gasteiger partial charge in [0.1, 0.15) is 5.76 Å². The number of thiocarbonyl (C=S) groups is 1. The van der Waals surface area contributed by atoms with Crippen LogP contribution in [0.5, 0.6) is 0 Å². The number of benzene rings is 1. The summed E-state index contributed by atoms with van der Waals surface area (Å²) in [4.78, 5) is 4.79. The van der Waals surface area contributed by atoms with Crippen molar-refractivity contribution in [2.45, 2.75) is 23.8 Å². The summed E-state index contributed by atoms with van der Waals surface area (Å²) in [6, 6.07) is 8.13. The maximum Gasteiger partial charge on any atom is 0.181 e. The molecule has 4 heterocycles. The highest BCUT2D eigenvalue weighted by molar-refractivity contribution is 7.80. The summed E-state index contributed by atoms with van der Waals surface area (Å²) >= 11 is 12.1. The smallest absolute Gasteiger partial charge is 0.181 e. The molecular formula is C21H19ClN2O3S. The first-order valence-electron chi connectivity index (χ1n) is 9.16. The van der Waals surface area contributed by atoms with Gasteiger partial charge in [0.25, 0.3) is 0 Å². The summed E-state index contributed by atoms with van der Waals surface area (Å²) in [6.07, 6.45) is 5.04. The minimum atomic E-state index is -0.553. The number of hydrogen-bond acceptors (Lipinski definition) is 5. The van der Waals surface area contributed by atoms with Gasteiger partial charge >= 0.3 is 0 Å². The maximum absolute atomic E-state index is 10.3. The summed E-state index contributed by atoms with van der Waals surface area (Å²) in [5.41, 5.74) is 2.50. The molecule has 1 aromatic rings. The topological polar surface area (TPSA) is 56.2 Å². The number of hydrogen-bond donors (Lipinski definition) is 2. The van der Waals surface area contributed by atoms with E-state index >= 15 is 0 Å². The van der Waals surface area contributed by atoms with Crippen molar-refractivity contribution in [3.05, 3.63) is 77.2 Å². The number of ether oxygens (including phenoxy) is 1. The number of nitrogens with zero attached hydrogens (tertiary/aromatic N) is 2. The monoisotopic (exact) mass is 414 g/mol. The van der Waals surface area contributed by atoms with Crippen LogP contribution >= 0.6 is 23.8 Å². The standard InChI is InChI=1S/C21H19ClN2O3S/c1-12-19(26)16(25)10-17-21(8-9-23(12)17)14-4-2-3-5-15(14)24(20(21)28)11-13-6-7-18(22)27-13/h2-6,10,18,25-26H,1,7-9,11H2. The Morgan fingerprint density at radius 1 is 1.32 bits per heavy atom. The molecule has 144 valence electrons. The van der Waals surface area contributed by atoms with E-state index in [4.69, 9.17) is 28.6 Å². The minimum Gasteiger partial charge on any atom is -0.504 e. The van der Waals surface area contributed by atoms with Crippen LogP contribution in [0.4, 0.5) is 5.69 Å². The van der Waals surface area contributed by atoms with Crippen LogP contribution in [0.1, 0.15) is 18.4 Å². The van der Waals surface area contributed by atoms with E-state index in [0.717, 1.165) is 34.1 Å². The summed E-state index contributed by atoms with van der Waals surface area (Å²) in [5, 5.41) is 20.4. The molecule has 4 aliphatic heterocycles. The van der Waals surface area contributed by atoms with Crippen LogP contribution in [0.15, 0.2) is 71.7 Å². The lowest BCUT2D eigenvalue weighted by Gasteiger charge is -2.33. The van der Waals surface area contributed by atoms with Crippen molar-refractivity contribution in [2.24, 2.45) is 0 Å². The van der Waals surface area contributed by atoms with Gasteiger partial charge in [-0.05, 0) is 24.1 Å². The second kappa shape index (κ2) is 6.03. The van der Waals surface area contributed by atoms with Gasteiger partial charge in [0.05, 0.1) is 22.6 Å². The predicted octanol–water partition coefficient (Wildman–Crippen LogP) is 4.39. The number of alkyl halides is 1. The highest BCUT2D eigenvalue weighted by Gasteiger charge is 2.56. The molecule has 5 nitrogen and oxygen atoms in total. The van der Waals surface area contributed by atoms with Gasteiger partial charge < -0.3 is 24.7 Å². The van der Waals surface area contributed by atoms with Gasteiger partial charge in [-0.2, -0.15) is 0 Å². The quantitative estimate of drug-likeness (QED) is 0.553. The zero-order valence-electron chi connectivity index (χ0n) is 15.1. The number of aliphatic hydroxyl groups is 2. The summed E-state index contributed by atoms with van der Waals surface area (Å²) < 4.78 is 5.70. The van der Waals surface area contributed by atoms with Crippen LogP contribution < -0.4 is 4.90 Å².